The number of nitrogens with zero attached hydrogens (tertiary/aromatic N) is 7. The van der Waals surface area contributed by atoms with Crippen molar-refractivity contribution in [1.29, 1.82) is 0 Å². The van der Waals surface area contributed by atoms with Crippen molar-refractivity contribution < 1.29 is 63.5 Å². The van der Waals surface area contributed by atoms with Crippen molar-refractivity contribution in [2.75, 3.05) is 74.9 Å². The predicted octanol–water partition coefficient (Wildman–Crippen LogP) is 13.6. The number of benzene rings is 7. The molecule has 20 nitrogen and oxygen atoms in total. The average Bonchev–Trinajstić information content (AvgIpc) is 1.84. The fraction of sp³-hybridized carbons (Fsp3) is 0.462. The van der Waals surface area contributed by atoms with Gasteiger partial charge in [-0.15, -0.1) is 69.6 Å². The van der Waals surface area contributed by atoms with Crippen LogP contribution in [0.4, 0.5) is 0 Å². The third kappa shape index (κ3) is 30.8. The summed E-state index contributed by atoms with van der Waals surface area (Å²) < 4.78 is 10.4. The van der Waals surface area contributed by atoms with Crippen LogP contribution in [0.1, 0.15) is 122 Å². The molecule has 9 atom stereocenters. The lowest BCUT2D eigenvalue weighted by Crippen LogP contribution is -2.47. The minimum atomic E-state index is -0.638. The van der Waals surface area contributed by atoms with E-state index in [-0.39, 0.29) is 133 Å². The van der Waals surface area contributed by atoms with Gasteiger partial charge >= 0.3 is 0 Å². The quantitative estimate of drug-likeness (QED) is 0.0351. The lowest BCUT2D eigenvalue weighted by Gasteiger charge is -2.39. The van der Waals surface area contributed by atoms with Crippen molar-refractivity contribution in [2.45, 2.75) is 184 Å². The molecule has 0 radical (unpaired) electrons. The van der Waals surface area contributed by atoms with Crippen LogP contribution in [0.3, 0.4) is 0 Å². The highest BCUT2D eigenvalue weighted by molar-refractivity contribution is 6.29. The largest absolute Gasteiger partial charge is 0.396 e. The number of alkyl halides is 6. The molecule has 0 aromatic heterocycles. The molecule has 7 aromatic carbocycles. The number of aliphatic hydroxyl groups is 4. The number of hydrogen-bond acceptors (Lipinski definition) is 13. The molecule has 0 unspecified atom stereocenters. The van der Waals surface area contributed by atoms with Crippen LogP contribution in [0.5, 0.6) is 0 Å². The van der Waals surface area contributed by atoms with E-state index in [9.17, 15) is 54.0 Å². The van der Waals surface area contributed by atoms with E-state index in [1.54, 1.807) is 19.6 Å². The van der Waals surface area contributed by atoms with Gasteiger partial charge in [0.2, 0.25) is 41.4 Å². The molecule has 7 aromatic rings. The number of carbonyl (C=O) groups is 7. The van der Waals surface area contributed by atoms with Crippen LogP contribution in [0.15, 0.2) is 212 Å². The van der Waals surface area contributed by atoms with Gasteiger partial charge in [0.15, 0.2) is 0 Å². The summed E-state index contributed by atoms with van der Waals surface area (Å²) in [5.41, 5.74) is 7.50. The second kappa shape index (κ2) is 52.4. The van der Waals surface area contributed by atoms with Crippen LogP contribution in [0, 0.1) is 5.92 Å². The zero-order valence-electron chi connectivity index (χ0n) is 66.5. The van der Waals surface area contributed by atoms with Crippen LogP contribution in [0.2, 0.25) is 0 Å². The summed E-state index contributed by atoms with van der Waals surface area (Å²) >= 11 is 34.2. The Kier molecular flexibility index (Phi) is 42.5. The van der Waals surface area contributed by atoms with E-state index in [2.05, 4.69) is 12.1 Å². The van der Waals surface area contributed by atoms with Crippen LogP contribution in [-0.2, 0) is 88.8 Å². The Labute approximate surface area is 719 Å². The van der Waals surface area contributed by atoms with Crippen LogP contribution < -0.4 is 0 Å². The number of aliphatic hydroxyl groups excluding tert-OH is 4. The van der Waals surface area contributed by atoms with Crippen molar-refractivity contribution >= 4 is 111 Å². The third-order valence-corrected chi connectivity index (χ3v) is 23.2. The first-order valence-electron chi connectivity index (χ1n) is 40.4. The first-order chi connectivity index (χ1) is 56.9. The first-order valence-corrected chi connectivity index (χ1v) is 43.6. The second-order valence-electron chi connectivity index (χ2n) is 30.0. The molecule has 3 saturated heterocycles. The van der Waals surface area contributed by atoms with Gasteiger partial charge in [-0.05, 0) is 83.9 Å². The summed E-state index contributed by atoms with van der Waals surface area (Å²) in [7, 11) is 0. The minimum Gasteiger partial charge on any atom is -0.396 e. The fourth-order valence-electron chi connectivity index (χ4n) is 15.6. The van der Waals surface area contributed by atoms with Gasteiger partial charge < -0.3 is 64.2 Å². The molecule has 3 aliphatic heterocycles. The Morgan fingerprint density at radius 1 is 0.325 bits per heavy atom. The number of carbonyl (C=O) groups excluding carboxylic acids is 7. The molecule has 0 spiro atoms. The lowest BCUT2D eigenvalue weighted by atomic mass is 9.83. The SMILES string of the molecule is O=C(CCl)N(Cc1ccccc1)C1CCCCC1.O=C(CCl)N(Cc1ccccc1)[C@H]1CCCC[C@H]1CO.O=C(CCl)N(Cc1ccccc1)[C@H]1CCC[C@@H]1O.O=C(CCl)N(Cc1ccccc1)[C@H]1COC[C@@H]1O.O=C(CCl)N(Cc1ccccc1)[C@H]1COC[C@@H]1O.O=C1C[C@H](N(Cc2ccccc2)C(=O)CCl)CN1Cc1ccccc1. The van der Waals surface area contributed by atoms with E-state index < -0.39 is 18.3 Å². The molecule has 26 heteroatoms. The first kappa shape index (κ1) is 94.8. The molecule has 0 bridgehead atoms. The summed E-state index contributed by atoms with van der Waals surface area (Å²) in [6.45, 7) is 5.67. The Morgan fingerprint density at radius 3 is 0.932 bits per heavy atom. The van der Waals surface area contributed by atoms with Crippen LogP contribution in [0.25, 0.3) is 0 Å². The maximum atomic E-state index is 12.4. The average molecular weight is 1730 g/mol. The number of hydrogen-bond donors (Lipinski definition) is 4. The summed E-state index contributed by atoms with van der Waals surface area (Å²) in [4.78, 5) is 96.9. The maximum Gasteiger partial charge on any atom is 0.238 e. The zero-order chi connectivity index (χ0) is 83.7. The van der Waals surface area contributed by atoms with Gasteiger partial charge in [-0.25, -0.2) is 0 Å². The van der Waals surface area contributed by atoms with E-state index >= 15 is 0 Å². The van der Waals surface area contributed by atoms with Crippen LogP contribution >= 0.6 is 69.6 Å². The van der Waals surface area contributed by atoms with E-state index in [4.69, 9.17) is 79.1 Å². The maximum absolute atomic E-state index is 12.4. The Hall–Kier alpha value is -7.67. The molecule has 3 heterocycles. The molecule has 117 heavy (non-hydrogen) atoms. The Morgan fingerprint density at radius 2 is 0.615 bits per heavy atom. The minimum absolute atomic E-state index is 0.00147. The molecule has 6 fully saturated rings. The van der Waals surface area contributed by atoms with Crippen molar-refractivity contribution in [3.63, 3.8) is 0 Å². The summed E-state index contributed by atoms with van der Waals surface area (Å²) in [6, 6.07) is 68.5. The van der Waals surface area contributed by atoms with E-state index in [0.717, 1.165) is 91.2 Å². The lowest BCUT2D eigenvalue weighted by molar-refractivity contribution is -0.134. The van der Waals surface area contributed by atoms with Gasteiger partial charge in [0, 0.05) is 83.4 Å². The summed E-state index contributed by atoms with van der Waals surface area (Å²) in [5, 5.41) is 39.1. The fourth-order valence-corrected chi connectivity index (χ4v) is 16.5. The predicted molar refractivity (Wildman–Crippen MR) is 461 cm³/mol. The molecule has 632 valence electrons. The van der Waals surface area contributed by atoms with Crippen molar-refractivity contribution in [2.24, 2.45) is 5.92 Å². The van der Waals surface area contributed by atoms with E-state index in [1.807, 2.05) is 215 Å². The number of ether oxygens (including phenoxy) is 2. The standard InChI is InChI=1S/C20H21ClN2O2.C16H22ClNO2.C15H20ClNO.C14H18ClNO2.2C13H16ClNO3/c21-12-20(25)23(14-17-9-5-2-6-10-17)18-11-19(24)22(15-18)13-16-7-3-1-4-8-16;17-10-16(20)18(11-13-6-2-1-3-7-13)15-9-5-4-8-14(15)12-19;16-11-15(18)17(14-9-5-2-6-10-14)12-13-7-3-1-4-8-13;15-9-14(18)16(12-7-4-8-13(12)17)10-11-5-2-1-3-6-11;2*14-6-13(17)15(11-8-18-9-12(11)16)7-10-4-2-1-3-5-10/h1-10,18H,11-15H2;1-3,6-7,14-15,19H,4-5,8-12H2;1,3-4,7-8,14H,2,5-6,9-12H2;1-3,5-6,12-13,17H,4,7-10H2;2*1-5,11-12,16H,6-9H2/t18-;14-,15-;;12-,13-;2*11-,12-/m00.000/s1. The smallest absolute Gasteiger partial charge is 0.238 e. The van der Waals surface area contributed by atoms with Gasteiger partial charge in [0.05, 0.1) is 68.9 Å². The topological polar surface area (TPSA) is 242 Å². The van der Waals surface area contributed by atoms with Crippen molar-refractivity contribution in [1.82, 2.24) is 34.3 Å². The monoisotopic (exact) mass is 1720 g/mol. The molecule has 13 rings (SSSR count). The van der Waals surface area contributed by atoms with Crippen molar-refractivity contribution in [3.05, 3.63) is 251 Å². The third-order valence-electron chi connectivity index (χ3n) is 21.8. The normalized spacial score (nSPS) is 20.6. The highest BCUT2D eigenvalue weighted by Gasteiger charge is 2.39. The van der Waals surface area contributed by atoms with Gasteiger partial charge in [-0.3, -0.25) is 33.6 Å². The second-order valence-corrected chi connectivity index (χ2v) is 31.6. The van der Waals surface area contributed by atoms with Crippen molar-refractivity contribution in [3.8, 4) is 0 Å². The molecule has 4 N–H and O–H groups in total. The molecule has 3 aliphatic carbocycles. The van der Waals surface area contributed by atoms with Gasteiger partial charge in [-0.1, -0.05) is 244 Å². The number of halogens is 6. The highest BCUT2D eigenvalue weighted by atomic mass is 35.5. The molecule has 7 amide bonds. The van der Waals surface area contributed by atoms with Gasteiger partial charge in [0.25, 0.3) is 0 Å². The number of likely N-dealkylation sites (tertiary alicyclic amines) is 1. The van der Waals surface area contributed by atoms with Gasteiger partial charge in [-0.2, -0.15) is 0 Å². The molecule has 3 saturated carbocycles. The van der Waals surface area contributed by atoms with E-state index in [1.165, 1.54) is 24.8 Å². The van der Waals surface area contributed by atoms with Crippen LogP contribution in [-0.4, -0.2) is 225 Å². The number of amides is 7. The Balaban J connectivity index is 0.000000176. The van der Waals surface area contributed by atoms with Gasteiger partial charge in [0.1, 0.15) is 35.3 Å². The zero-order valence-corrected chi connectivity index (χ0v) is 71.0. The highest BCUT2D eigenvalue weighted by Crippen LogP contribution is 2.32. The molecular weight excluding hydrogens is 1610 g/mol. The molecular formula is C91H113Cl6N7O13. The summed E-state index contributed by atoms with van der Waals surface area (Å²) in [6.07, 6.45) is 11.4. The molecule has 6 aliphatic rings. The summed E-state index contributed by atoms with van der Waals surface area (Å²) in [5.74, 6) is -0.521. The Bertz CT molecular complexity index is 3850. The number of rotatable bonds is 27. The van der Waals surface area contributed by atoms with E-state index in [0.29, 0.717) is 78.0 Å².